The quantitative estimate of drug-likeness (QED) is 0.137. The van der Waals surface area contributed by atoms with Crippen LogP contribution in [0.5, 0.6) is 0 Å². The van der Waals surface area contributed by atoms with Gasteiger partial charge in [-0.25, -0.2) is 18.7 Å². The Morgan fingerprint density at radius 2 is 1.73 bits per heavy atom. The molecule has 3 aliphatic heterocycles. The number of halogens is 2. The fourth-order valence-corrected chi connectivity index (χ4v) is 8.37. The number of nitrogens with one attached hydrogen (secondary N) is 2. The average Bonchev–Trinajstić information content (AvgIpc) is 3.96. The molecule has 0 saturated carbocycles. The maximum atomic E-state index is 14.1. The number of aryl methyl sites for hydroxylation is 1. The van der Waals surface area contributed by atoms with Gasteiger partial charge in [-0.3, -0.25) is 29.1 Å². The number of hydrogen-bond acceptors (Lipinski definition) is 11. The number of carbonyl (C=O) groups is 2. The Kier molecular flexibility index (Phi) is 10.5. The fourth-order valence-electron chi connectivity index (χ4n) is 8.37. The van der Waals surface area contributed by atoms with Gasteiger partial charge in [-0.1, -0.05) is 24.3 Å². The Balaban J connectivity index is 1.02. The topological polar surface area (TPSA) is 151 Å². The number of aliphatic hydroxyl groups is 1. The van der Waals surface area contributed by atoms with Crippen LogP contribution in [0.2, 0.25) is 0 Å². The summed E-state index contributed by atoms with van der Waals surface area (Å²) >= 11 is 0. The molecule has 6 heterocycles. The molecule has 56 heavy (non-hydrogen) atoms. The number of alkyl halides is 2. The van der Waals surface area contributed by atoms with Gasteiger partial charge in [-0.2, -0.15) is 5.10 Å². The number of likely N-dealkylation sites (tertiary alicyclic amines) is 2. The van der Waals surface area contributed by atoms with Crippen molar-refractivity contribution in [2.75, 3.05) is 43.9 Å². The maximum Gasteiger partial charge on any atom is 0.310 e. The highest BCUT2D eigenvalue weighted by Crippen LogP contribution is 2.37. The number of aromatic nitrogens is 5. The molecule has 13 nitrogen and oxygen atoms in total. The highest BCUT2D eigenvalue weighted by Gasteiger charge is 2.36. The van der Waals surface area contributed by atoms with Gasteiger partial charge in [-0.05, 0) is 98.2 Å². The lowest BCUT2D eigenvalue weighted by Crippen LogP contribution is -2.32. The minimum atomic E-state index is -2.88. The minimum absolute atomic E-state index is 0.0764. The van der Waals surface area contributed by atoms with Crippen LogP contribution < -0.4 is 10.6 Å². The summed E-state index contributed by atoms with van der Waals surface area (Å²) in [6.45, 7) is 7.85. The predicted molar refractivity (Wildman–Crippen MR) is 207 cm³/mol. The fraction of sp³-hybridized carbons (Fsp3) is 0.415. The van der Waals surface area contributed by atoms with Gasteiger partial charge in [0.25, 0.3) is 12.3 Å². The second-order valence-electron chi connectivity index (χ2n) is 15.0. The van der Waals surface area contributed by atoms with Crippen molar-refractivity contribution in [3.8, 4) is 11.1 Å². The average molecular weight is 766 g/mol. The van der Waals surface area contributed by atoms with Gasteiger partial charge >= 0.3 is 5.97 Å². The standard InChI is InChI=1S/C41H45F2N9O4/c1-23-28(7-4-9-30(23)45-38-36-32(46-39(48-38)37(42)43)17-25(19-44-36)20-50-15-13-27(53)22-50)29-8-5-10-31(24(29)2)47-40(54)33-18-35-34(11-6-14-52(35)49-33)51-16-12-26(21-51)41(55)56-3/h4-5,7-10,17-19,26-27,34,37,53H,6,11-16,20-22H2,1-3H3,(H,47,54)(H,45,46,48)/t26-,27-,34+/m1/s1. The van der Waals surface area contributed by atoms with E-state index in [1.54, 1.807) is 12.3 Å². The van der Waals surface area contributed by atoms with E-state index in [1.165, 1.54) is 7.11 Å². The molecule has 15 heteroatoms. The molecule has 1 amide bonds. The lowest BCUT2D eigenvalue weighted by molar-refractivity contribution is -0.145. The first-order chi connectivity index (χ1) is 27.1. The van der Waals surface area contributed by atoms with Crippen molar-refractivity contribution >= 4 is 40.1 Å². The smallest absolute Gasteiger partial charge is 0.310 e. The van der Waals surface area contributed by atoms with Crippen molar-refractivity contribution in [2.45, 2.75) is 71.2 Å². The van der Waals surface area contributed by atoms with Gasteiger partial charge in [-0.15, -0.1) is 0 Å². The number of ether oxygens (including phenoxy) is 1. The van der Waals surface area contributed by atoms with Crippen LogP contribution >= 0.6 is 0 Å². The molecule has 0 bridgehead atoms. The summed E-state index contributed by atoms with van der Waals surface area (Å²) in [5.74, 6) is -1.07. The number of carbonyl (C=O) groups excluding carboxylic acids is 2. The number of hydrogen-bond donors (Lipinski definition) is 3. The molecule has 3 N–H and O–H groups in total. The molecule has 3 atom stereocenters. The molecule has 3 aromatic heterocycles. The molecule has 3 aliphatic rings. The van der Waals surface area contributed by atoms with E-state index in [4.69, 9.17) is 4.74 Å². The van der Waals surface area contributed by atoms with Gasteiger partial charge in [0.05, 0.1) is 36.4 Å². The summed E-state index contributed by atoms with van der Waals surface area (Å²) in [4.78, 5) is 43.2. The van der Waals surface area contributed by atoms with Gasteiger partial charge < -0.3 is 20.5 Å². The Morgan fingerprint density at radius 1 is 0.964 bits per heavy atom. The van der Waals surface area contributed by atoms with E-state index in [2.05, 4.69) is 40.5 Å². The Bertz CT molecular complexity index is 2300. The van der Waals surface area contributed by atoms with Gasteiger partial charge in [0.1, 0.15) is 5.52 Å². The number of esters is 1. The van der Waals surface area contributed by atoms with Crippen LogP contribution in [0, 0.1) is 19.8 Å². The third-order valence-electron chi connectivity index (χ3n) is 11.3. The number of benzene rings is 2. The molecule has 292 valence electrons. The summed E-state index contributed by atoms with van der Waals surface area (Å²) < 4.78 is 35.0. The Hall–Kier alpha value is -5.38. The number of β-amino-alcohol motifs (C(OH)–C–C–N with tert-alkyl or cyclic N) is 1. The number of aliphatic hydroxyl groups excluding tert-OH is 1. The molecule has 0 unspecified atom stereocenters. The molecule has 0 radical (unpaired) electrons. The predicted octanol–water partition coefficient (Wildman–Crippen LogP) is 6.34. The van der Waals surface area contributed by atoms with E-state index in [0.29, 0.717) is 54.2 Å². The second-order valence-corrected chi connectivity index (χ2v) is 15.0. The van der Waals surface area contributed by atoms with Crippen molar-refractivity contribution in [3.63, 3.8) is 0 Å². The molecule has 2 aromatic carbocycles. The van der Waals surface area contributed by atoms with Crippen LogP contribution in [0.15, 0.2) is 54.7 Å². The van der Waals surface area contributed by atoms with Crippen molar-refractivity contribution in [1.29, 1.82) is 0 Å². The molecule has 0 aliphatic carbocycles. The number of pyridine rings is 1. The van der Waals surface area contributed by atoms with Crippen molar-refractivity contribution in [1.82, 2.24) is 34.5 Å². The largest absolute Gasteiger partial charge is 0.469 e. The lowest BCUT2D eigenvalue weighted by Gasteiger charge is -2.31. The lowest BCUT2D eigenvalue weighted by atomic mass is 9.94. The van der Waals surface area contributed by atoms with Gasteiger partial charge in [0.2, 0.25) is 0 Å². The maximum absolute atomic E-state index is 14.1. The third kappa shape index (κ3) is 7.45. The molecule has 8 rings (SSSR count). The van der Waals surface area contributed by atoms with Crippen LogP contribution in [-0.4, -0.2) is 90.9 Å². The van der Waals surface area contributed by atoms with Gasteiger partial charge in [0, 0.05) is 50.3 Å². The number of fused-ring (bicyclic) bond motifs is 2. The SMILES string of the molecule is COC(=O)[C@@H]1CCN([C@H]2CCCn3nc(C(=O)Nc4cccc(-c5cccc(Nc6nc(C(F)F)nc7cc(CN8CC[C@@H](O)C8)cnc67)c5C)c4C)cc32)C1. The summed E-state index contributed by atoms with van der Waals surface area (Å²) in [6, 6.07) is 15.1. The number of methoxy groups -OCH3 is 1. The number of amides is 1. The highest BCUT2D eigenvalue weighted by atomic mass is 19.3. The number of anilines is 3. The number of rotatable bonds is 10. The first-order valence-corrected chi connectivity index (χ1v) is 19.1. The summed E-state index contributed by atoms with van der Waals surface area (Å²) in [7, 11) is 1.42. The number of nitrogens with zero attached hydrogens (tertiary/aromatic N) is 7. The second kappa shape index (κ2) is 15.6. The Morgan fingerprint density at radius 3 is 2.46 bits per heavy atom. The van der Waals surface area contributed by atoms with Crippen molar-refractivity contribution < 1.29 is 28.2 Å². The zero-order chi connectivity index (χ0) is 39.1. The van der Waals surface area contributed by atoms with Crippen LogP contribution in [-0.2, 0) is 22.6 Å². The third-order valence-corrected chi connectivity index (χ3v) is 11.3. The molecular formula is C41H45F2N9O4. The van der Waals surface area contributed by atoms with Crippen molar-refractivity contribution in [2.24, 2.45) is 5.92 Å². The monoisotopic (exact) mass is 765 g/mol. The molecule has 2 fully saturated rings. The molecule has 2 saturated heterocycles. The van der Waals surface area contributed by atoms with E-state index in [-0.39, 0.29) is 35.8 Å². The van der Waals surface area contributed by atoms with Crippen molar-refractivity contribution in [3.05, 3.63) is 88.6 Å². The van der Waals surface area contributed by atoms with Gasteiger partial charge in [0.15, 0.2) is 17.3 Å². The van der Waals surface area contributed by atoms with Crippen LogP contribution in [0.4, 0.5) is 26.0 Å². The van der Waals surface area contributed by atoms with E-state index in [1.807, 2.05) is 61.0 Å². The summed E-state index contributed by atoms with van der Waals surface area (Å²) in [5.41, 5.74) is 7.55. The molecular weight excluding hydrogens is 721 g/mol. The minimum Gasteiger partial charge on any atom is -0.469 e. The summed E-state index contributed by atoms with van der Waals surface area (Å²) in [6.07, 6.45) is 1.74. The van der Waals surface area contributed by atoms with E-state index < -0.39 is 12.2 Å². The molecule has 0 spiro atoms. The van der Waals surface area contributed by atoms with E-state index >= 15 is 0 Å². The van der Waals surface area contributed by atoms with Crippen LogP contribution in [0.3, 0.4) is 0 Å². The molecule has 5 aromatic rings. The summed E-state index contributed by atoms with van der Waals surface area (Å²) in [5, 5.41) is 21.0. The zero-order valence-corrected chi connectivity index (χ0v) is 31.6. The first-order valence-electron chi connectivity index (χ1n) is 19.1. The highest BCUT2D eigenvalue weighted by molar-refractivity contribution is 6.04. The van der Waals surface area contributed by atoms with E-state index in [9.17, 15) is 23.5 Å². The first kappa shape index (κ1) is 37.5. The zero-order valence-electron chi connectivity index (χ0n) is 31.6. The van der Waals surface area contributed by atoms with Crippen LogP contribution in [0.1, 0.15) is 76.8 Å². The Labute approximate surface area is 323 Å². The van der Waals surface area contributed by atoms with E-state index in [0.717, 1.165) is 72.4 Å². The normalized spacial score (nSPS) is 20.1. The van der Waals surface area contributed by atoms with Crippen LogP contribution in [0.25, 0.3) is 22.2 Å².